The number of halogens is 1. The van der Waals surface area contributed by atoms with E-state index in [0.29, 0.717) is 5.56 Å². The Labute approximate surface area is 112 Å². The molecule has 0 radical (unpaired) electrons. The highest BCUT2D eigenvalue weighted by Crippen LogP contribution is 2.09. The third-order valence-corrected chi connectivity index (χ3v) is 2.86. The fourth-order valence-electron chi connectivity index (χ4n) is 1.95. The van der Waals surface area contributed by atoms with Crippen LogP contribution in [0.3, 0.4) is 0 Å². The minimum atomic E-state index is -0.0709. The van der Waals surface area contributed by atoms with Crippen molar-refractivity contribution in [3.63, 3.8) is 0 Å². The zero-order valence-corrected chi connectivity index (χ0v) is 11.1. The summed E-state index contributed by atoms with van der Waals surface area (Å²) in [7, 11) is 0. The summed E-state index contributed by atoms with van der Waals surface area (Å²) in [6.45, 7) is 2.21. The van der Waals surface area contributed by atoms with Gasteiger partial charge in [0.1, 0.15) is 0 Å². The molecule has 0 saturated carbocycles. The van der Waals surface area contributed by atoms with Gasteiger partial charge < -0.3 is 10.7 Å². The molecule has 0 saturated heterocycles. The maximum Gasteiger partial charge on any atom is 0.252 e. The summed E-state index contributed by atoms with van der Waals surface area (Å²) in [4.78, 5) is 14.6. The van der Waals surface area contributed by atoms with Gasteiger partial charge >= 0.3 is 0 Å². The molecule has 0 spiro atoms. The third kappa shape index (κ3) is 3.22. The van der Waals surface area contributed by atoms with Crippen LogP contribution in [0.25, 0.3) is 0 Å². The molecule has 1 aromatic heterocycles. The van der Waals surface area contributed by atoms with Crippen molar-refractivity contribution in [2.24, 2.45) is 5.73 Å². The third-order valence-electron chi connectivity index (χ3n) is 2.86. The van der Waals surface area contributed by atoms with Gasteiger partial charge in [0.15, 0.2) is 0 Å². The number of benzene rings is 1. The smallest absolute Gasteiger partial charge is 0.252 e. The molecule has 0 unspecified atom stereocenters. The van der Waals surface area contributed by atoms with Crippen LogP contribution in [0.4, 0.5) is 0 Å². The molecule has 4 heteroatoms. The molecule has 0 bridgehead atoms. The molecule has 3 N–H and O–H groups in total. The van der Waals surface area contributed by atoms with Crippen molar-refractivity contribution in [2.45, 2.75) is 19.9 Å². The van der Waals surface area contributed by atoms with E-state index >= 15 is 0 Å². The Balaban J connectivity index is 0.00000162. The van der Waals surface area contributed by atoms with Crippen molar-refractivity contribution < 1.29 is 0 Å². The van der Waals surface area contributed by atoms with Crippen LogP contribution in [0, 0.1) is 6.92 Å². The second-order valence-electron chi connectivity index (χ2n) is 4.15. The van der Waals surface area contributed by atoms with E-state index in [4.69, 9.17) is 5.73 Å². The average molecular weight is 265 g/mol. The topological polar surface area (TPSA) is 58.9 Å². The zero-order valence-electron chi connectivity index (χ0n) is 10.3. The summed E-state index contributed by atoms with van der Waals surface area (Å²) < 4.78 is 0. The highest BCUT2D eigenvalue weighted by Gasteiger charge is 2.05. The van der Waals surface area contributed by atoms with Crippen molar-refractivity contribution in [3.05, 3.63) is 69.1 Å². The first-order valence-electron chi connectivity index (χ1n) is 5.66. The molecule has 2 rings (SSSR count). The summed E-state index contributed by atoms with van der Waals surface area (Å²) >= 11 is 0. The normalized spacial score (nSPS) is 9.89. The number of H-pyrrole nitrogens is 1. The highest BCUT2D eigenvalue weighted by atomic mass is 35.5. The Morgan fingerprint density at radius 3 is 2.44 bits per heavy atom. The van der Waals surface area contributed by atoms with E-state index in [1.807, 2.05) is 43.3 Å². The molecule has 0 aliphatic heterocycles. The van der Waals surface area contributed by atoms with E-state index in [9.17, 15) is 4.79 Å². The monoisotopic (exact) mass is 264 g/mol. The first kappa shape index (κ1) is 14.5. The number of aromatic nitrogens is 1. The number of aryl methyl sites for hydroxylation is 1. The minimum absolute atomic E-state index is 0. The lowest BCUT2D eigenvalue weighted by Crippen LogP contribution is -2.19. The maximum absolute atomic E-state index is 11.7. The molecule has 0 aliphatic carbocycles. The number of pyridine rings is 1. The molecule has 1 aromatic carbocycles. The van der Waals surface area contributed by atoms with Crippen LogP contribution in [0.15, 0.2) is 41.2 Å². The quantitative estimate of drug-likeness (QED) is 0.893. The predicted octanol–water partition coefficient (Wildman–Crippen LogP) is 2.15. The van der Waals surface area contributed by atoms with E-state index in [1.165, 1.54) is 5.56 Å². The van der Waals surface area contributed by atoms with Crippen molar-refractivity contribution in [2.75, 3.05) is 0 Å². The van der Waals surface area contributed by atoms with Gasteiger partial charge in [-0.05, 0) is 24.1 Å². The highest BCUT2D eigenvalue weighted by molar-refractivity contribution is 5.85. The predicted molar refractivity (Wildman–Crippen MR) is 76.2 cm³/mol. The van der Waals surface area contributed by atoms with Crippen molar-refractivity contribution >= 4 is 12.4 Å². The number of nitrogens with two attached hydrogens (primary N) is 1. The fourth-order valence-corrected chi connectivity index (χ4v) is 1.95. The van der Waals surface area contributed by atoms with Gasteiger partial charge in [0.05, 0.1) is 0 Å². The van der Waals surface area contributed by atoms with Crippen LogP contribution in [0.1, 0.15) is 22.4 Å². The minimum Gasteiger partial charge on any atom is -0.326 e. The lowest BCUT2D eigenvalue weighted by atomic mass is 10.1. The number of hydrogen-bond acceptors (Lipinski definition) is 2. The summed E-state index contributed by atoms with van der Waals surface area (Å²) in [6.07, 6.45) is 0.738. The Morgan fingerprint density at radius 1 is 1.22 bits per heavy atom. The summed E-state index contributed by atoms with van der Waals surface area (Å²) in [5, 5.41) is 0. The molecule has 0 atom stereocenters. The molecule has 0 fully saturated rings. The standard InChI is InChI=1S/C14H16N2O.ClH/c1-10-7-12(16-14(17)13(10)9-15)8-11-5-3-2-4-6-11;/h2-7H,8-9,15H2,1H3,(H,16,17);1H. The van der Waals surface area contributed by atoms with Crippen LogP contribution in [0.2, 0.25) is 0 Å². The largest absolute Gasteiger partial charge is 0.326 e. The van der Waals surface area contributed by atoms with Crippen LogP contribution in [-0.4, -0.2) is 4.98 Å². The maximum atomic E-state index is 11.7. The summed E-state index contributed by atoms with van der Waals surface area (Å²) in [5.41, 5.74) is 9.20. The first-order valence-corrected chi connectivity index (χ1v) is 5.66. The average Bonchev–Trinajstić information content (AvgIpc) is 2.30. The van der Waals surface area contributed by atoms with Crippen LogP contribution < -0.4 is 11.3 Å². The lowest BCUT2D eigenvalue weighted by Gasteiger charge is -2.06. The molecule has 0 amide bonds. The SMILES string of the molecule is Cc1cc(Cc2ccccc2)[nH]c(=O)c1CN.Cl. The number of hydrogen-bond donors (Lipinski definition) is 2. The molecule has 1 heterocycles. The van der Waals surface area contributed by atoms with Crippen LogP contribution in [0.5, 0.6) is 0 Å². The summed E-state index contributed by atoms with van der Waals surface area (Å²) in [5.74, 6) is 0. The second kappa shape index (κ2) is 6.38. The Kier molecular flexibility index (Phi) is 5.13. The molecular weight excluding hydrogens is 248 g/mol. The number of rotatable bonds is 3. The molecule has 2 aromatic rings. The van der Waals surface area contributed by atoms with Crippen molar-refractivity contribution in [3.8, 4) is 0 Å². The van der Waals surface area contributed by atoms with Crippen LogP contribution >= 0.6 is 12.4 Å². The van der Waals surface area contributed by atoms with E-state index < -0.39 is 0 Å². The Bertz CT molecular complexity index is 564. The van der Waals surface area contributed by atoms with Crippen LogP contribution in [-0.2, 0) is 13.0 Å². The molecule has 3 nitrogen and oxygen atoms in total. The van der Waals surface area contributed by atoms with Gasteiger partial charge in [0.25, 0.3) is 5.56 Å². The van der Waals surface area contributed by atoms with E-state index in [-0.39, 0.29) is 24.5 Å². The van der Waals surface area contributed by atoms with E-state index in [1.54, 1.807) is 0 Å². The molecule has 96 valence electrons. The van der Waals surface area contributed by atoms with Gasteiger partial charge in [-0.25, -0.2) is 0 Å². The van der Waals surface area contributed by atoms with Gasteiger partial charge in [0, 0.05) is 24.2 Å². The van der Waals surface area contributed by atoms with Gasteiger partial charge in [-0.15, -0.1) is 12.4 Å². The number of aromatic amines is 1. The second-order valence-corrected chi connectivity index (χ2v) is 4.15. The summed E-state index contributed by atoms with van der Waals surface area (Å²) in [6, 6.07) is 12.1. The molecule has 18 heavy (non-hydrogen) atoms. The van der Waals surface area contributed by atoms with Crippen molar-refractivity contribution in [1.29, 1.82) is 0 Å². The molecule has 0 aliphatic rings. The lowest BCUT2D eigenvalue weighted by molar-refractivity contribution is 0.952. The van der Waals surface area contributed by atoms with E-state index in [2.05, 4.69) is 4.98 Å². The van der Waals surface area contributed by atoms with Gasteiger partial charge in [-0.2, -0.15) is 0 Å². The van der Waals surface area contributed by atoms with E-state index in [0.717, 1.165) is 17.7 Å². The zero-order chi connectivity index (χ0) is 12.3. The van der Waals surface area contributed by atoms with Gasteiger partial charge in [-0.3, -0.25) is 4.79 Å². The Hall–Kier alpha value is -1.58. The number of nitrogens with one attached hydrogen (secondary N) is 1. The fraction of sp³-hybridized carbons (Fsp3) is 0.214. The first-order chi connectivity index (χ1) is 8.20. The molecular formula is C14H17ClN2O. The van der Waals surface area contributed by atoms with Gasteiger partial charge in [-0.1, -0.05) is 30.3 Å². The van der Waals surface area contributed by atoms with Gasteiger partial charge in [0.2, 0.25) is 0 Å². The van der Waals surface area contributed by atoms with Crippen molar-refractivity contribution in [1.82, 2.24) is 4.98 Å². The Morgan fingerprint density at radius 2 is 1.89 bits per heavy atom.